The van der Waals surface area contributed by atoms with Gasteiger partial charge in [0.05, 0.1) is 6.54 Å². The molecule has 2 aromatic rings. The van der Waals surface area contributed by atoms with Crippen molar-refractivity contribution in [3.63, 3.8) is 0 Å². The quantitative estimate of drug-likeness (QED) is 0.805. The molecule has 0 spiro atoms. The molecule has 0 aliphatic rings. The summed E-state index contributed by atoms with van der Waals surface area (Å²) in [5, 5.41) is 2.87. The number of hydrogen-bond donors (Lipinski definition) is 2. The van der Waals surface area contributed by atoms with Crippen LogP contribution in [0.5, 0.6) is 0 Å². The zero-order chi connectivity index (χ0) is 12.3. The van der Waals surface area contributed by atoms with Crippen LogP contribution in [-0.2, 0) is 13.1 Å². The molecule has 0 bridgehead atoms. The molecule has 0 radical (unpaired) electrons. The highest BCUT2D eigenvalue weighted by Crippen LogP contribution is 2.13. The zero-order valence-corrected chi connectivity index (χ0v) is 8.80. The monoisotopic (exact) mass is 241 g/mol. The lowest BCUT2D eigenvalue weighted by Gasteiger charge is -2.05. The van der Waals surface area contributed by atoms with Gasteiger partial charge in [-0.15, -0.1) is 0 Å². The molecule has 0 aliphatic heterocycles. The molecule has 1 aromatic carbocycles. The van der Waals surface area contributed by atoms with Crippen LogP contribution < -0.4 is 5.32 Å². The lowest BCUT2D eigenvalue weighted by molar-refractivity contribution is 0.486. The van der Waals surface area contributed by atoms with Crippen molar-refractivity contribution in [3.8, 4) is 0 Å². The van der Waals surface area contributed by atoms with E-state index in [1.165, 1.54) is 0 Å². The highest BCUT2D eigenvalue weighted by atomic mass is 19.2. The van der Waals surface area contributed by atoms with Gasteiger partial charge in [0.2, 0.25) is 0 Å². The summed E-state index contributed by atoms with van der Waals surface area (Å²) in [6.45, 7) is 0.495. The Morgan fingerprint density at radius 3 is 2.53 bits per heavy atom. The summed E-state index contributed by atoms with van der Waals surface area (Å²) >= 11 is 0. The van der Waals surface area contributed by atoms with Crippen LogP contribution in [0.2, 0.25) is 0 Å². The van der Waals surface area contributed by atoms with Crippen molar-refractivity contribution in [1.82, 2.24) is 15.3 Å². The van der Waals surface area contributed by atoms with E-state index in [0.29, 0.717) is 18.4 Å². The van der Waals surface area contributed by atoms with Crippen LogP contribution in [0.15, 0.2) is 24.5 Å². The molecule has 0 amide bonds. The smallest absolute Gasteiger partial charge is 0.161 e. The molecule has 1 aromatic heterocycles. The van der Waals surface area contributed by atoms with E-state index in [-0.39, 0.29) is 12.1 Å². The van der Waals surface area contributed by atoms with E-state index >= 15 is 0 Å². The van der Waals surface area contributed by atoms with Gasteiger partial charge in [0.15, 0.2) is 11.6 Å². The Labute approximate surface area is 95.7 Å². The Morgan fingerprint density at radius 2 is 1.82 bits per heavy atom. The van der Waals surface area contributed by atoms with Crippen LogP contribution >= 0.6 is 0 Å². The minimum absolute atomic E-state index is 0.0791. The lowest BCUT2D eigenvalue weighted by atomic mass is 10.2. The first-order valence-corrected chi connectivity index (χ1v) is 4.99. The number of hydrogen-bond acceptors (Lipinski definition) is 2. The van der Waals surface area contributed by atoms with E-state index in [1.807, 2.05) is 0 Å². The maximum absolute atomic E-state index is 13.2. The number of imidazole rings is 1. The summed E-state index contributed by atoms with van der Waals surface area (Å²) in [6, 6.07) is 1.39. The first-order valence-electron chi connectivity index (χ1n) is 4.99. The Balaban J connectivity index is 1.97. The van der Waals surface area contributed by atoms with E-state index in [9.17, 15) is 13.2 Å². The first kappa shape index (κ1) is 11.7. The Bertz CT molecular complexity index is 497. The minimum Gasteiger partial charge on any atom is -0.348 e. The number of nitrogens with zero attached hydrogens (tertiary/aromatic N) is 1. The van der Waals surface area contributed by atoms with Crippen molar-refractivity contribution in [2.45, 2.75) is 13.1 Å². The number of nitrogens with one attached hydrogen (secondary N) is 2. The van der Waals surface area contributed by atoms with Crippen molar-refractivity contribution in [2.24, 2.45) is 0 Å². The largest absolute Gasteiger partial charge is 0.348 e. The summed E-state index contributed by atoms with van der Waals surface area (Å²) in [7, 11) is 0. The second-order valence-electron chi connectivity index (χ2n) is 3.50. The van der Waals surface area contributed by atoms with E-state index in [2.05, 4.69) is 15.3 Å². The predicted octanol–water partition coefficient (Wildman–Crippen LogP) is 2.12. The average Bonchev–Trinajstić information content (AvgIpc) is 2.78. The Morgan fingerprint density at radius 1 is 1.06 bits per heavy atom. The second-order valence-corrected chi connectivity index (χ2v) is 3.50. The number of halogens is 3. The molecule has 0 fully saturated rings. The highest BCUT2D eigenvalue weighted by molar-refractivity contribution is 5.19. The third-order valence-corrected chi connectivity index (χ3v) is 2.25. The van der Waals surface area contributed by atoms with Crippen LogP contribution in [-0.4, -0.2) is 9.97 Å². The maximum Gasteiger partial charge on any atom is 0.161 e. The van der Waals surface area contributed by atoms with Gasteiger partial charge < -0.3 is 10.3 Å². The highest BCUT2D eigenvalue weighted by Gasteiger charge is 2.09. The Hall–Kier alpha value is -1.82. The lowest BCUT2D eigenvalue weighted by Crippen LogP contribution is -2.15. The molecular weight excluding hydrogens is 231 g/mol. The van der Waals surface area contributed by atoms with Crippen LogP contribution in [0.25, 0.3) is 0 Å². The van der Waals surface area contributed by atoms with Gasteiger partial charge in [0.25, 0.3) is 0 Å². The minimum atomic E-state index is -1.18. The van der Waals surface area contributed by atoms with Gasteiger partial charge in [-0.05, 0) is 6.07 Å². The fourth-order valence-corrected chi connectivity index (χ4v) is 1.41. The molecule has 2 N–H and O–H groups in total. The fourth-order valence-electron chi connectivity index (χ4n) is 1.41. The van der Waals surface area contributed by atoms with Crippen LogP contribution in [0.1, 0.15) is 11.4 Å². The van der Waals surface area contributed by atoms with E-state index in [4.69, 9.17) is 0 Å². The molecular formula is C11H10F3N3. The van der Waals surface area contributed by atoms with E-state index in [1.54, 1.807) is 12.4 Å². The molecule has 1 heterocycles. The van der Waals surface area contributed by atoms with Gasteiger partial charge in [-0.25, -0.2) is 18.2 Å². The normalized spacial score (nSPS) is 10.8. The van der Waals surface area contributed by atoms with Gasteiger partial charge in [0.1, 0.15) is 11.6 Å². The summed E-state index contributed by atoms with van der Waals surface area (Å²) in [6.07, 6.45) is 3.25. The summed E-state index contributed by atoms with van der Waals surface area (Å²) < 4.78 is 38.8. The number of aromatic nitrogens is 2. The fraction of sp³-hybridized carbons (Fsp3) is 0.182. The molecule has 0 unspecified atom stereocenters. The van der Waals surface area contributed by atoms with Gasteiger partial charge >= 0.3 is 0 Å². The van der Waals surface area contributed by atoms with Gasteiger partial charge in [-0.1, -0.05) is 0 Å². The third-order valence-electron chi connectivity index (χ3n) is 2.25. The van der Waals surface area contributed by atoms with Crippen molar-refractivity contribution < 1.29 is 13.2 Å². The van der Waals surface area contributed by atoms with E-state index in [0.717, 1.165) is 6.07 Å². The van der Waals surface area contributed by atoms with E-state index < -0.39 is 17.5 Å². The summed E-state index contributed by atoms with van der Waals surface area (Å²) in [5.74, 6) is -2.32. The molecule has 90 valence electrons. The number of rotatable bonds is 4. The number of benzene rings is 1. The molecule has 0 aliphatic carbocycles. The topological polar surface area (TPSA) is 40.7 Å². The molecule has 2 rings (SSSR count). The Kier molecular flexibility index (Phi) is 3.43. The van der Waals surface area contributed by atoms with Crippen molar-refractivity contribution in [2.75, 3.05) is 0 Å². The van der Waals surface area contributed by atoms with Gasteiger partial charge in [-0.2, -0.15) is 0 Å². The van der Waals surface area contributed by atoms with Gasteiger partial charge in [0, 0.05) is 30.6 Å². The van der Waals surface area contributed by atoms with Crippen molar-refractivity contribution >= 4 is 0 Å². The molecule has 6 heteroatoms. The standard InChI is InChI=1S/C11H10F3N3/c12-8-4-10(14)9(13)3-7(8)5-15-6-11-16-1-2-17-11/h1-4,15H,5-6H2,(H,16,17). The first-order chi connectivity index (χ1) is 8.16. The SMILES string of the molecule is Fc1cc(F)c(CNCc2ncc[nH]2)cc1F. The zero-order valence-electron chi connectivity index (χ0n) is 8.80. The van der Waals surface area contributed by atoms with Crippen LogP contribution in [0.3, 0.4) is 0 Å². The average molecular weight is 241 g/mol. The molecule has 3 nitrogen and oxygen atoms in total. The van der Waals surface area contributed by atoms with Crippen molar-refractivity contribution in [3.05, 3.63) is 53.4 Å². The third kappa shape index (κ3) is 2.85. The summed E-state index contributed by atoms with van der Waals surface area (Å²) in [5.41, 5.74) is 0.0791. The maximum atomic E-state index is 13.2. The number of aromatic amines is 1. The molecule has 17 heavy (non-hydrogen) atoms. The number of H-pyrrole nitrogens is 1. The second kappa shape index (κ2) is 5.01. The van der Waals surface area contributed by atoms with Gasteiger partial charge in [-0.3, -0.25) is 0 Å². The summed E-state index contributed by atoms with van der Waals surface area (Å²) in [4.78, 5) is 6.81. The van der Waals surface area contributed by atoms with Crippen molar-refractivity contribution in [1.29, 1.82) is 0 Å². The molecule has 0 saturated carbocycles. The van der Waals surface area contributed by atoms with Crippen LogP contribution in [0, 0.1) is 17.5 Å². The van der Waals surface area contributed by atoms with Crippen LogP contribution in [0.4, 0.5) is 13.2 Å². The molecule has 0 atom stereocenters. The predicted molar refractivity (Wildman–Crippen MR) is 55.4 cm³/mol. The molecule has 0 saturated heterocycles.